The molecule has 0 aromatic heterocycles. The summed E-state index contributed by atoms with van der Waals surface area (Å²) in [6, 6.07) is 16.3. The Kier molecular flexibility index (Phi) is 7.56. The molecule has 0 bridgehead atoms. The van der Waals surface area contributed by atoms with Gasteiger partial charge >= 0.3 is 11.9 Å². The van der Waals surface area contributed by atoms with Gasteiger partial charge in [0.2, 0.25) is 5.91 Å². The largest absolute Gasteiger partial charge is 0.481 e. The van der Waals surface area contributed by atoms with Crippen LogP contribution in [0.2, 0.25) is 0 Å². The number of carboxylic acids is 2. The zero-order valence-electron chi connectivity index (χ0n) is 15.6. The van der Waals surface area contributed by atoms with Crippen LogP contribution in [0.5, 0.6) is 0 Å². The molecular weight excluding hydrogens is 360 g/mol. The number of nitrogens with zero attached hydrogens (tertiary/aromatic N) is 1. The van der Waals surface area contributed by atoms with Gasteiger partial charge in [0.05, 0.1) is 6.42 Å². The lowest BCUT2D eigenvalue weighted by molar-refractivity contribution is -0.139. The predicted octanol–water partition coefficient (Wildman–Crippen LogP) is 2.17. The maximum absolute atomic E-state index is 12.6. The standard InChI is InChI=1S/C21H24N2O5/c1-15(20(26)22-13-12-19(24)25)23(17-10-6-3-7-11-17)18(21(27)28)14-16-8-4-2-5-9-16/h2-11,15,18H,12-14H2,1H3,(H,22,26)(H,24,25)(H,27,28)/t15-,18?/m0/s1. The van der Waals surface area contributed by atoms with Crippen LogP contribution >= 0.6 is 0 Å². The highest BCUT2D eigenvalue weighted by Crippen LogP contribution is 2.23. The summed E-state index contributed by atoms with van der Waals surface area (Å²) in [5, 5.41) is 21.2. The number of anilines is 1. The highest BCUT2D eigenvalue weighted by atomic mass is 16.4. The Bertz CT molecular complexity index is 795. The monoisotopic (exact) mass is 384 g/mol. The van der Waals surface area contributed by atoms with Gasteiger partial charge in [-0.1, -0.05) is 48.5 Å². The Morgan fingerprint density at radius 3 is 2.07 bits per heavy atom. The van der Waals surface area contributed by atoms with Gasteiger partial charge in [-0.05, 0) is 24.6 Å². The van der Waals surface area contributed by atoms with E-state index in [4.69, 9.17) is 5.11 Å². The first kappa shape index (κ1) is 21.0. The molecule has 0 fully saturated rings. The van der Waals surface area contributed by atoms with Crippen molar-refractivity contribution in [3.05, 3.63) is 66.2 Å². The zero-order valence-corrected chi connectivity index (χ0v) is 15.6. The molecule has 0 aliphatic carbocycles. The minimum Gasteiger partial charge on any atom is -0.481 e. The van der Waals surface area contributed by atoms with Gasteiger partial charge in [-0.2, -0.15) is 0 Å². The van der Waals surface area contributed by atoms with E-state index in [0.29, 0.717) is 5.69 Å². The van der Waals surface area contributed by atoms with Gasteiger partial charge in [0, 0.05) is 18.7 Å². The quantitative estimate of drug-likeness (QED) is 0.580. The topological polar surface area (TPSA) is 107 Å². The average molecular weight is 384 g/mol. The molecule has 0 aliphatic rings. The first-order valence-electron chi connectivity index (χ1n) is 8.99. The van der Waals surface area contributed by atoms with E-state index in [0.717, 1.165) is 5.56 Å². The lowest BCUT2D eigenvalue weighted by Gasteiger charge is -2.35. The van der Waals surface area contributed by atoms with Crippen molar-refractivity contribution in [2.45, 2.75) is 31.8 Å². The molecule has 7 nitrogen and oxygen atoms in total. The third kappa shape index (κ3) is 5.84. The number of carbonyl (C=O) groups is 3. The minimum atomic E-state index is -1.04. The Balaban J connectivity index is 2.30. The van der Waals surface area contributed by atoms with Gasteiger partial charge < -0.3 is 20.4 Å². The van der Waals surface area contributed by atoms with Crippen LogP contribution in [-0.2, 0) is 20.8 Å². The smallest absolute Gasteiger partial charge is 0.326 e. The summed E-state index contributed by atoms with van der Waals surface area (Å²) in [7, 11) is 0. The third-order valence-corrected chi connectivity index (χ3v) is 4.38. The van der Waals surface area contributed by atoms with Crippen LogP contribution < -0.4 is 10.2 Å². The predicted molar refractivity (Wildman–Crippen MR) is 105 cm³/mol. The number of carbonyl (C=O) groups excluding carboxylic acids is 1. The number of hydrogen-bond donors (Lipinski definition) is 3. The molecule has 1 amide bonds. The first-order chi connectivity index (χ1) is 13.4. The van der Waals surface area contributed by atoms with Crippen molar-refractivity contribution in [1.82, 2.24) is 5.32 Å². The summed E-state index contributed by atoms with van der Waals surface area (Å²) in [5.74, 6) is -2.48. The molecule has 28 heavy (non-hydrogen) atoms. The molecule has 0 aliphatic heterocycles. The van der Waals surface area contributed by atoms with Crippen LogP contribution in [0.15, 0.2) is 60.7 Å². The summed E-state index contributed by atoms with van der Waals surface area (Å²) in [6.45, 7) is 1.60. The number of para-hydroxylation sites is 1. The van der Waals surface area contributed by atoms with Crippen molar-refractivity contribution in [2.75, 3.05) is 11.4 Å². The second kappa shape index (κ2) is 10.1. The number of benzene rings is 2. The van der Waals surface area contributed by atoms with Gasteiger partial charge in [0.25, 0.3) is 0 Å². The first-order valence-corrected chi connectivity index (χ1v) is 8.99. The maximum Gasteiger partial charge on any atom is 0.326 e. The Morgan fingerprint density at radius 1 is 0.964 bits per heavy atom. The van der Waals surface area contributed by atoms with Crippen molar-refractivity contribution in [3.8, 4) is 0 Å². The van der Waals surface area contributed by atoms with Crippen molar-refractivity contribution in [3.63, 3.8) is 0 Å². The molecular formula is C21H24N2O5. The van der Waals surface area contributed by atoms with E-state index in [1.54, 1.807) is 36.1 Å². The summed E-state index contributed by atoms with van der Waals surface area (Å²) in [6.07, 6.45) is 0.0218. The van der Waals surface area contributed by atoms with E-state index in [1.165, 1.54) is 0 Å². The van der Waals surface area contributed by atoms with Crippen LogP contribution in [0.25, 0.3) is 0 Å². The molecule has 2 atom stereocenters. The van der Waals surface area contributed by atoms with Crippen LogP contribution in [0.4, 0.5) is 5.69 Å². The number of carboxylic acid groups (broad SMARTS) is 2. The number of rotatable bonds is 10. The molecule has 2 aromatic rings. The van der Waals surface area contributed by atoms with E-state index in [-0.39, 0.29) is 19.4 Å². The van der Waals surface area contributed by atoms with Crippen LogP contribution in [-0.4, -0.2) is 46.7 Å². The molecule has 2 rings (SSSR count). The van der Waals surface area contributed by atoms with Crippen LogP contribution in [0, 0.1) is 0 Å². The Morgan fingerprint density at radius 2 is 1.54 bits per heavy atom. The normalized spacial score (nSPS) is 12.6. The van der Waals surface area contributed by atoms with Crippen LogP contribution in [0.1, 0.15) is 18.9 Å². The lowest BCUT2D eigenvalue weighted by Crippen LogP contribution is -2.53. The highest BCUT2D eigenvalue weighted by molar-refractivity contribution is 5.88. The summed E-state index contributed by atoms with van der Waals surface area (Å²) >= 11 is 0. The van der Waals surface area contributed by atoms with Gasteiger partial charge in [-0.3, -0.25) is 9.59 Å². The minimum absolute atomic E-state index is 0.0163. The molecule has 0 saturated carbocycles. The molecule has 0 spiro atoms. The fraction of sp³-hybridized carbons (Fsp3) is 0.286. The molecule has 2 aromatic carbocycles. The second-order valence-electron chi connectivity index (χ2n) is 6.40. The van der Waals surface area contributed by atoms with Gasteiger partial charge in [-0.15, -0.1) is 0 Å². The van der Waals surface area contributed by atoms with Crippen molar-refractivity contribution < 1.29 is 24.6 Å². The molecule has 148 valence electrons. The number of hydrogen-bond acceptors (Lipinski definition) is 4. The Hall–Kier alpha value is -3.35. The van der Waals surface area contributed by atoms with E-state index in [2.05, 4.69) is 5.32 Å². The number of nitrogens with one attached hydrogen (secondary N) is 1. The zero-order chi connectivity index (χ0) is 20.5. The fourth-order valence-corrected chi connectivity index (χ4v) is 2.98. The van der Waals surface area contributed by atoms with E-state index >= 15 is 0 Å². The van der Waals surface area contributed by atoms with Gasteiger partial charge in [0.1, 0.15) is 12.1 Å². The molecule has 1 unspecified atom stereocenters. The third-order valence-electron chi connectivity index (χ3n) is 4.38. The summed E-state index contributed by atoms with van der Waals surface area (Å²) in [4.78, 5) is 36.9. The highest BCUT2D eigenvalue weighted by Gasteiger charge is 2.33. The van der Waals surface area contributed by atoms with Crippen LogP contribution in [0.3, 0.4) is 0 Å². The van der Waals surface area contributed by atoms with Gasteiger partial charge in [0.15, 0.2) is 0 Å². The number of amides is 1. The lowest BCUT2D eigenvalue weighted by atomic mass is 10.0. The summed E-state index contributed by atoms with van der Waals surface area (Å²) < 4.78 is 0. The van der Waals surface area contributed by atoms with Crippen molar-refractivity contribution >= 4 is 23.5 Å². The average Bonchev–Trinajstić information content (AvgIpc) is 2.68. The Labute approximate surface area is 163 Å². The SMILES string of the molecule is C[C@@H](C(=O)NCCC(=O)O)N(c1ccccc1)C(Cc1ccccc1)C(=O)O. The number of aliphatic carboxylic acids is 2. The van der Waals surface area contributed by atoms with Crippen molar-refractivity contribution in [1.29, 1.82) is 0 Å². The maximum atomic E-state index is 12.6. The molecule has 0 saturated heterocycles. The molecule has 0 heterocycles. The van der Waals surface area contributed by atoms with E-state index < -0.39 is 29.9 Å². The van der Waals surface area contributed by atoms with E-state index in [9.17, 15) is 19.5 Å². The fourth-order valence-electron chi connectivity index (χ4n) is 2.98. The van der Waals surface area contributed by atoms with E-state index in [1.807, 2.05) is 36.4 Å². The van der Waals surface area contributed by atoms with Gasteiger partial charge in [-0.25, -0.2) is 4.79 Å². The molecule has 3 N–H and O–H groups in total. The second-order valence-corrected chi connectivity index (χ2v) is 6.40. The summed E-state index contributed by atoms with van der Waals surface area (Å²) in [5.41, 5.74) is 1.45. The molecule has 0 radical (unpaired) electrons. The molecule has 7 heteroatoms. The van der Waals surface area contributed by atoms with Crippen molar-refractivity contribution in [2.24, 2.45) is 0 Å².